The number of carbonyl (C=O) groups excluding carboxylic acids is 3. The van der Waals surface area contributed by atoms with Crippen LogP contribution in [0.4, 0.5) is 4.39 Å². The second-order valence-electron chi connectivity index (χ2n) is 7.84. The highest BCUT2D eigenvalue weighted by Crippen LogP contribution is 2.31. The minimum atomic E-state index is -1.54. The molecule has 2 unspecified atom stereocenters. The third-order valence-corrected chi connectivity index (χ3v) is 5.69. The maximum Gasteiger partial charge on any atom is 0.336 e. The van der Waals surface area contributed by atoms with Crippen molar-refractivity contribution < 1.29 is 38.6 Å². The monoisotopic (exact) mass is 470 g/mol. The SMILES string of the molecule is CCC(C(=O)NC(CC(=O)O)C(=O)CF)N1Cc2ccc(-c3ccccc3C(=O)O)cc2C1=O. The Bertz CT molecular complexity index is 1160. The van der Waals surface area contributed by atoms with Gasteiger partial charge in [0.1, 0.15) is 18.8 Å². The van der Waals surface area contributed by atoms with Gasteiger partial charge in [-0.25, -0.2) is 9.18 Å². The van der Waals surface area contributed by atoms with E-state index in [4.69, 9.17) is 5.11 Å². The number of ketones is 1. The van der Waals surface area contributed by atoms with E-state index in [1.54, 1.807) is 43.3 Å². The zero-order valence-corrected chi connectivity index (χ0v) is 18.3. The summed E-state index contributed by atoms with van der Waals surface area (Å²) in [5.41, 5.74) is 1.99. The van der Waals surface area contributed by atoms with Gasteiger partial charge in [-0.1, -0.05) is 37.3 Å². The van der Waals surface area contributed by atoms with E-state index in [2.05, 4.69) is 5.32 Å². The third kappa shape index (κ3) is 4.95. The molecule has 1 heterocycles. The lowest BCUT2D eigenvalue weighted by atomic mass is 9.96. The van der Waals surface area contributed by atoms with Crippen LogP contribution in [0.15, 0.2) is 42.5 Å². The quantitative estimate of drug-likeness (QED) is 0.484. The highest BCUT2D eigenvalue weighted by atomic mass is 19.1. The number of hydrogen-bond donors (Lipinski definition) is 3. The first-order valence-electron chi connectivity index (χ1n) is 10.5. The molecule has 3 N–H and O–H groups in total. The number of amides is 2. The number of carboxylic acids is 2. The lowest BCUT2D eigenvalue weighted by molar-refractivity contribution is -0.140. The molecule has 178 valence electrons. The summed E-state index contributed by atoms with van der Waals surface area (Å²) in [5.74, 6) is -4.76. The van der Waals surface area contributed by atoms with Crippen LogP contribution >= 0.6 is 0 Å². The van der Waals surface area contributed by atoms with Gasteiger partial charge in [0.15, 0.2) is 5.78 Å². The summed E-state index contributed by atoms with van der Waals surface area (Å²) in [7, 11) is 0. The molecule has 34 heavy (non-hydrogen) atoms. The summed E-state index contributed by atoms with van der Waals surface area (Å²) in [6, 6.07) is 8.78. The van der Waals surface area contributed by atoms with Crippen molar-refractivity contribution in [2.75, 3.05) is 6.67 Å². The van der Waals surface area contributed by atoms with Crippen molar-refractivity contribution in [3.8, 4) is 11.1 Å². The first kappa shape index (κ1) is 24.6. The standard InChI is InChI=1S/C24H23FN2O7/c1-2-19(22(31)26-18(10-21(29)30)20(28)11-25)27-12-14-8-7-13(9-17(14)23(27)32)15-5-3-4-6-16(15)24(33)34/h3-9,18-19H,2,10-12H2,1H3,(H,26,31)(H,29,30)(H,33,34). The van der Waals surface area contributed by atoms with E-state index in [1.807, 2.05) is 0 Å². The molecule has 10 heteroatoms. The molecule has 0 fully saturated rings. The predicted octanol–water partition coefficient (Wildman–Crippen LogP) is 2.28. The largest absolute Gasteiger partial charge is 0.481 e. The molecule has 0 aromatic heterocycles. The van der Waals surface area contributed by atoms with Crippen molar-refractivity contribution >= 4 is 29.5 Å². The van der Waals surface area contributed by atoms with Crippen molar-refractivity contribution in [3.63, 3.8) is 0 Å². The predicted molar refractivity (Wildman–Crippen MR) is 118 cm³/mol. The Kier molecular flexibility index (Phi) is 7.40. The lowest BCUT2D eigenvalue weighted by Crippen LogP contribution is -2.52. The Balaban J connectivity index is 1.86. The van der Waals surface area contributed by atoms with Crippen LogP contribution in [0.1, 0.15) is 46.0 Å². The molecule has 2 aromatic carbocycles. The molecule has 0 saturated carbocycles. The zero-order valence-electron chi connectivity index (χ0n) is 18.3. The second-order valence-corrected chi connectivity index (χ2v) is 7.84. The number of aliphatic carboxylic acids is 1. The van der Waals surface area contributed by atoms with Crippen LogP contribution in [0, 0.1) is 0 Å². The highest BCUT2D eigenvalue weighted by molar-refractivity contribution is 6.03. The maximum atomic E-state index is 13.2. The zero-order chi connectivity index (χ0) is 25.0. The average molecular weight is 470 g/mol. The summed E-state index contributed by atoms with van der Waals surface area (Å²) in [6.07, 6.45) is -0.602. The van der Waals surface area contributed by atoms with Gasteiger partial charge in [-0.3, -0.25) is 19.2 Å². The van der Waals surface area contributed by atoms with Gasteiger partial charge in [-0.05, 0) is 35.2 Å². The number of hydrogen-bond acceptors (Lipinski definition) is 5. The molecule has 9 nitrogen and oxygen atoms in total. The van der Waals surface area contributed by atoms with Crippen LogP contribution in [0.3, 0.4) is 0 Å². The fourth-order valence-corrected chi connectivity index (χ4v) is 3.99. The number of fused-ring (bicyclic) bond motifs is 1. The van der Waals surface area contributed by atoms with Crippen LogP contribution in [0.25, 0.3) is 11.1 Å². The normalized spacial score (nSPS) is 14.3. The molecule has 0 saturated heterocycles. The van der Waals surface area contributed by atoms with Gasteiger partial charge in [-0.2, -0.15) is 0 Å². The number of Topliss-reactive ketones (excluding diaryl/α,β-unsaturated/α-hetero) is 1. The van der Waals surface area contributed by atoms with Crippen molar-refractivity contribution in [3.05, 3.63) is 59.2 Å². The summed E-state index contributed by atoms with van der Waals surface area (Å²) in [4.78, 5) is 61.6. The molecule has 2 amide bonds. The Hall–Kier alpha value is -4.08. The fraction of sp³-hybridized carbons (Fsp3) is 0.292. The molecule has 1 aliphatic rings. The van der Waals surface area contributed by atoms with E-state index >= 15 is 0 Å². The van der Waals surface area contributed by atoms with Gasteiger partial charge >= 0.3 is 11.9 Å². The molecule has 3 rings (SSSR count). The van der Waals surface area contributed by atoms with E-state index in [1.165, 1.54) is 11.0 Å². The Morgan fingerprint density at radius 3 is 2.41 bits per heavy atom. The van der Waals surface area contributed by atoms with Gasteiger partial charge in [-0.15, -0.1) is 0 Å². The lowest BCUT2D eigenvalue weighted by Gasteiger charge is -2.27. The van der Waals surface area contributed by atoms with E-state index in [-0.39, 0.29) is 18.5 Å². The second kappa shape index (κ2) is 10.2. The number of nitrogens with one attached hydrogen (secondary N) is 1. The first-order valence-corrected chi connectivity index (χ1v) is 10.5. The fourth-order valence-electron chi connectivity index (χ4n) is 3.99. The van der Waals surface area contributed by atoms with Crippen molar-refractivity contribution in [1.29, 1.82) is 0 Å². The van der Waals surface area contributed by atoms with Gasteiger partial charge in [0.2, 0.25) is 5.91 Å². The van der Waals surface area contributed by atoms with Crippen molar-refractivity contribution in [2.24, 2.45) is 0 Å². The van der Waals surface area contributed by atoms with Gasteiger partial charge in [0, 0.05) is 12.1 Å². The molecule has 2 atom stereocenters. The number of benzene rings is 2. The first-order chi connectivity index (χ1) is 16.2. The Labute approximate surface area is 194 Å². The van der Waals surface area contributed by atoms with E-state index < -0.39 is 54.7 Å². The minimum Gasteiger partial charge on any atom is -0.481 e. The topological polar surface area (TPSA) is 141 Å². The van der Waals surface area contributed by atoms with E-state index in [0.717, 1.165) is 0 Å². The van der Waals surface area contributed by atoms with Gasteiger partial charge in [0.05, 0.1) is 12.0 Å². The molecular weight excluding hydrogens is 447 g/mol. The molecule has 1 aliphatic heterocycles. The maximum absolute atomic E-state index is 13.2. The van der Waals surface area contributed by atoms with Crippen LogP contribution in [-0.2, 0) is 20.9 Å². The van der Waals surface area contributed by atoms with Crippen LogP contribution in [0.5, 0.6) is 0 Å². The number of carboxylic acid groups (broad SMARTS) is 2. The van der Waals surface area contributed by atoms with E-state index in [0.29, 0.717) is 22.3 Å². The summed E-state index contributed by atoms with van der Waals surface area (Å²) >= 11 is 0. The summed E-state index contributed by atoms with van der Waals surface area (Å²) < 4.78 is 12.8. The van der Waals surface area contributed by atoms with Crippen molar-refractivity contribution in [1.82, 2.24) is 10.2 Å². The number of halogens is 1. The van der Waals surface area contributed by atoms with Crippen LogP contribution in [-0.4, -0.2) is 63.4 Å². The molecule has 0 radical (unpaired) electrons. The number of aromatic carboxylic acids is 1. The third-order valence-electron chi connectivity index (χ3n) is 5.69. The smallest absolute Gasteiger partial charge is 0.336 e. The average Bonchev–Trinajstić information content (AvgIpc) is 3.13. The number of nitrogens with zero attached hydrogens (tertiary/aromatic N) is 1. The summed E-state index contributed by atoms with van der Waals surface area (Å²) in [6.45, 7) is 0.323. The van der Waals surface area contributed by atoms with Gasteiger partial charge < -0.3 is 20.4 Å². The number of rotatable bonds is 10. The van der Waals surface area contributed by atoms with Crippen LogP contribution in [0.2, 0.25) is 0 Å². The molecule has 2 aromatic rings. The van der Waals surface area contributed by atoms with Crippen LogP contribution < -0.4 is 5.32 Å². The van der Waals surface area contributed by atoms with E-state index in [9.17, 15) is 33.5 Å². The van der Waals surface area contributed by atoms with Gasteiger partial charge in [0.25, 0.3) is 5.91 Å². The highest BCUT2D eigenvalue weighted by Gasteiger charge is 2.37. The Morgan fingerprint density at radius 1 is 1.09 bits per heavy atom. The minimum absolute atomic E-state index is 0.0811. The Morgan fingerprint density at radius 2 is 1.79 bits per heavy atom. The number of carbonyl (C=O) groups is 5. The molecule has 0 aliphatic carbocycles. The number of alkyl halides is 1. The molecular formula is C24H23FN2O7. The summed E-state index contributed by atoms with van der Waals surface area (Å²) in [5, 5.41) is 20.7. The molecule has 0 spiro atoms. The van der Waals surface area contributed by atoms with Crippen molar-refractivity contribution in [2.45, 2.75) is 38.4 Å². The molecule has 0 bridgehead atoms.